The van der Waals surface area contributed by atoms with Gasteiger partial charge in [0.05, 0.1) is 10.6 Å². The zero-order valence-corrected chi connectivity index (χ0v) is 20.6. The van der Waals surface area contributed by atoms with Crippen molar-refractivity contribution in [2.45, 2.75) is 23.9 Å². The molecule has 2 aromatic carbocycles. The smallest absolute Gasteiger partial charge is 0.243 e. The first kappa shape index (κ1) is 23.5. The van der Waals surface area contributed by atoms with Crippen molar-refractivity contribution in [3.63, 3.8) is 0 Å². The third-order valence-corrected chi connectivity index (χ3v) is 8.60. The number of hydrogen-bond acceptors (Lipinski definition) is 6. The molecule has 174 valence electrons. The number of thioether (sulfide) groups is 1. The minimum Gasteiger partial charge on any atom is -0.339 e. The molecule has 8 nitrogen and oxygen atoms in total. The number of rotatable bonds is 6. The van der Waals surface area contributed by atoms with Gasteiger partial charge in [-0.15, -0.1) is 10.2 Å². The number of carbonyl (C=O) groups excluding carboxylic acids is 1. The summed E-state index contributed by atoms with van der Waals surface area (Å²) in [6.45, 7) is 5.26. The maximum absolute atomic E-state index is 12.9. The first-order valence-electron chi connectivity index (χ1n) is 10.7. The van der Waals surface area contributed by atoms with E-state index < -0.39 is 10.0 Å². The second-order valence-electron chi connectivity index (χ2n) is 8.12. The average Bonchev–Trinajstić information content (AvgIpc) is 3.18. The lowest BCUT2D eigenvalue weighted by Crippen LogP contribution is -2.50. The number of carbonyl (C=O) groups is 1. The van der Waals surface area contributed by atoms with E-state index in [1.807, 2.05) is 49.7 Å². The second kappa shape index (κ2) is 9.66. The fraction of sp³-hybridized carbons (Fsp3) is 0.348. The molecule has 0 N–H and O–H groups in total. The first-order chi connectivity index (χ1) is 15.8. The quantitative estimate of drug-likeness (QED) is 0.499. The Kier molecular flexibility index (Phi) is 6.87. The summed E-state index contributed by atoms with van der Waals surface area (Å²) < 4.78 is 29.1. The molecule has 1 amide bonds. The molecule has 0 saturated carbocycles. The fourth-order valence-corrected chi connectivity index (χ4v) is 5.97. The number of piperazine rings is 1. The lowest BCUT2D eigenvalue weighted by molar-refractivity contribution is -0.129. The Bertz CT molecular complexity index is 1250. The third kappa shape index (κ3) is 5.13. The summed E-state index contributed by atoms with van der Waals surface area (Å²) in [5.41, 5.74) is 3.13. The van der Waals surface area contributed by atoms with Gasteiger partial charge in [-0.1, -0.05) is 53.2 Å². The molecular weight excluding hydrogens is 458 g/mol. The van der Waals surface area contributed by atoms with Crippen LogP contribution in [0.3, 0.4) is 0 Å². The van der Waals surface area contributed by atoms with Crippen molar-refractivity contribution >= 4 is 27.7 Å². The Labute approximate surface area is 198 Å². The molecule has 1 fully saturated rings. The van der Waals surface area contributed by atoms with Gasteiger partial charge in [-0.2, -0.15) is 4.31 Å². The van der Waals surface area contributed by atoms with E-state index in [2.05, 4.69) is 10.2 Å². The predicted octanol–water partition coefficient (Wildman–Crippen LogP) is 2.72. The third-order valence-electron chi connectivity index (χ3n) is 5.69. The Hall–Kier alpha value is -2.69. The maximum Gasteiger partial charge on any atom is 0.243 e. The molecule has 0 bridgehead atoms. The van der Waals surface area contributed by atoms with Crippen LogP contribution in [0.4, 0.5) is 0 Å². The highest BCUT2D eigenvalue weighted by molar-refractivity contribution is 7.99. The summed E-state index contributed by atoms with van der Waals surface area (Å²) in [6, 6.07) is 14.9. The van der Waals surface area contributed by atoms with Crippen LogP contribution in [0.2, 0.25) is 0 Å². The maximum atomic E-state index is 12.9. The Morgan fingerprint density at radius 1 is 0.970 bits per heavy atom. The van der Waals surface area contributed by atoms with Gasteiger partial charge in [0, 0.05) is 38.8 Å². The number of nitrogens with zero attached hydrogens (tertiary/aromatic N) is 5. The highest BCUT2D eigenvalue weighted by Gasteiger charge is 2.30. The van der Waals surface area contributed by atoms with Crippen LogP contribution >= 0.6 is 11.8 Å². The fourth-order valence-electron chi connectivity index (χ4n) is 3.73. The van der Waals surface area contributed by atoms with Gasteiger partial charge < -0.3 is 9.47 Å². The highest BCUT2D eigenvalue weighted by atomic mass is 32.2. The van der Waals surface area contributed by atoms with Crippen molar-refractivity contribution in [1.29, 1.82) is 0 Å². The number of aromatic nitrogens is 3. The van der Waals surface area contributed by atoms with Crippen molar-refractivity contribution < 1.29 is 13.2 Å². The van der Waals surface area contributed by atoms with Crippen molar-refractivity contribution in [2.24, 2.45) is 7.05 Å². The van der Waals surface area contributed by atoms with Gasteiger partial charge in [-0.3, -0.25) is 4.79 Å². The van der Waals surface area contributed by atoms with Crippen LogP contribution in [0.1, 0.15) is 11.1 Å². The molecule has 3 aromatic rings. The first-order valence-corrected chi connectivity index (χ1v) is 13.1. The molecule has 10 heteroatoms. The molecule has 1 aliphatic rings. The normalized spacial score (nSPS) is 15.1. The Balaban J connectivity index is 1.33. The molecule has 33 heavy (non-hydrogen) atoms. The van der Waals surface area contributed by atoms with Crippen LogP contribution in [0, 0.1) is 13.8 Å². The lowest BCUT2D eigenvalue weighted by atomic mass is 10.1. The summed E-state index contributed by atoms with van der Waals surface area (Å²) in [4.78, 5) is 14.7. The van der Waals surface area contributed by atoms with E-state index in [4.69, 9.17) is 0 Å². The van der Waals surface area contributed by atoms with E-state index in [0.29, 0.717) is 18.2 Å². The molecule has 1 saturated heterocycles. The minimum atomic E-state index is -3.55. The summed E-state index contributed by atoms with van der Waals surface area (Å²) >= 11 is 1.34. The molecule has 0 aliphatic carbocycles. The van der Waals surface area contributed by atoms with Crippen LogP contribution in [0.25, 0.3) is 11.4 Å². The Morgan fingerprint density at radius 2 is 1.67 bits per heavy atom. The van der Waals surface area contributed by atoms with Crippen molar-refractivity contribution in [3.8, 4) is 11.4 Å². The molecule has 4 rings (SSSR count). The minimum absolute atomic E-state index is 0.0347. The van der Waals surface area contributed by atoms with E-state index in [1.54, 1.807) is 29.2 Å². The van der Waals surface area contributed by atoms with Crippen molar-refractivity contribution in [1.82, 2.24) is 24.0 Å². The number of aryl methyl sites for hydroxylation is 2. The van der Waals surface area contributed by atoms with E-state index >= 15 is 0 Å². The van der Waals surface area contributed by atoms with Gasteiger partial charge in [-0.05, 0) is 32.0 Å². The summed E-state index contributed by atoms with van der Waals surface area (Å²) in [6.07, 6.45) is 0. The predicted molar refractivity (Wildman–Crippen MR) is 128 cm³/mol. The molecule has 0 atom stereocenters. The second-order valence-corrected chi connectivity index (χ2v) is 11.0. The van der Waals surface area contributed by atoms with Crippen molar-refractivity contribution in [2.75, 3.05) is 31.9 Å². The van der Waals surface area contributed by atoms with Crippen LogP contribution in [0.5, 0.6) is 0 Å². The molecule has 2 heterocycles. The highest BCUT2D eigenvalue weighted by Crippen LogP contribution is 2.24. The van der Waals surface area contributed by atoms with E-state index in [1.165, 1.54) is 16.1 Å². The van der Waals surface area contributed by atoms with Gasteiger partial charge >= 0.3 is 0 Å². The average molecular weight is 486 g/mol. The summed E-state index contributed by atoms with van der Waals surface area (Å²) in [5, 5.41) is 9.19. The zero-order chi connectivity index (χ0) is 23.6. The molecule has 1 aliphatic heterocycles. The van der Waals surface area contributed by atoms with Gasteiger partial charge in [-0.25, -0.2) is 8.42 Å². The molecular formula is C23H27N5O3S2. The zero-order valence-electron chi connectivity index (χ0n) is 18.9. The van der Waals surface area contributed by atoms with Gasteiger partial charge in [0.25, 0.3) is 0 Å². The SMILES string of the molecule is Cc1ccc(S(=O)(=O)N2CCN(C(=O)CSc3nnc(-c4cccc(C)c4)n3C)CC2)cc1. The van der Waals surface area contributed by atoms with Gasteiger partial charge in [0.15, 0.2) is 11.0 Å². The van der Waals surface area contributed by atoms with Crippen LogP contribution in [-0.4, -0.2) is 70.2 Å². The molecule has 0 spiro atoms. The molecule has 0 radical (unpaired) electrons. The number of hydrogen-bond donors (Lipinski definition) is 0. The number of amides is 1. The van der Waals surface area contributed by atoms with Crippen LogP contribution in [-0.2, 0) is 21.9 Å². The van der Waals surface area contributed by atoms with Crippen LogP contribution < -0.4 is 0 Å². The van der Waals surface area contributed by atoms with Crippen LogP contribution in [0.15, 0.2) is 58.6 Å². The lowest BCUT2D eigenvalue weighted by Gasteiger charge is -2.34. The summed E-state index contributed by atoms with van der Waals surface area (Å²) in [7, 11) is -1.66. The van der Waals surface area contributed by atoms with Gasteiger partial charge in [0.2, 0.25) is 15.9 Å². The van der Waals surface area contributed by atoms with Crippen molar-refractivity contribution in [3.05, 3.63) is 59.7 Å². The van der Waals surface area contributed by atoms with Gasteiger partial charge in [0.1, 0.15) is 0 Å². The molecule has 0 unspecified atom stereocenters. The molecule has 1 aromatic heterocycles. The monoisotopic (exact) mass is 485 g/mol. The standard InChI is InChI=1S/C23H27N5O3S2/c1-17-7-9-20(10-8-17)33(30,31)28-13-11-27(12-14-28)21(29)16-32-23-25-24-22(26(23)3)19-6-4-5-18(2)15-19/h4-10,15H,11-14,16H2,1-3H3. The number of benzene rings is 2. The van der Waals surface area contributed by atoms with E-state index in [0.717, 1.165) is 22.5 Å². The van der Waals surface area contributed by atoms with E-state index in [9.17, 15) is 13.2 Å². The Morgan fingerprint density at radius 3 is 2.33 bits per heavy atom. The summed E-state index contributed by atoms with van der Waals surface area (Å²) in [5.74, 6) is 0.945. The topological polar surface area (TPSA) is 88.4 Å². The largest absolute Gasteiger partial charge is 0.339 e. The van der Waals surface area contributed by atoms with E-state index in [-0.39, 0.29) is 29.6 Å². The number of sulfonamides is 1.